The molecule has 0 spiro atoms. The fraction of sp³-hybridized carbons (Fsp3) is 0.875. The smallest absolute Gasteiger partial charge is 0.237 e. The molecule has 0 bridgehead atoms. The lowest BCUT2D eigenvalue weighted by Crippen LogP contribution is -2.50. The molecule has 4 heteroatoms. The first-order valence-corrected chi connectivity index (χ1v) is 8.07. The summed E-state index contributed by atoms with van der Waals surface area (Å²) >= 11 is 0. The molecule has 1 rings (SSSR count). The number of carbonyl (C=O) groups excluding carboxylic acids is 2. The monoisotopic (exact) mass is 282 g/mol. The van der Waals surface area contributed by atoms with Crippen LogP contribution < -0.4 is 5.32 Å². The van der Waals surface area contributed by atoms with Gasteiger partial charge in [-0.25, -0.2) is 0 Å². The van der Waals surface area contributed by atoms with Gasteiger partial charge >= 0.3 is 0 Å². The van der Waals surface area contributed by atoms with E-state index in [1.54, 1.807) is 13.8 Å². The average molecular weight is 282 g/mol. The summed E-state index contributed by atoms with van der Waals surface area (Å²) in [4.78, 5) is 26.7. The zero-order chi connectivity index (χ0) is 15.0. The predicted molar refractivity (Wildman–Crippen MR) is 81.4 cm³/mol. The van der Waals surface area contributed by atoms with E-state index in [0.29, 0.717) is 6.54 Å². The highest BCUT2D eigenvalue weighted by molar-refractivity contribution is 6.04. The Morgan fingerprint density at radius 3 is 2.20 bits per heavy atom. The van der Waals surface area contributed by atoms with Gasteiger partial charge in [0.1, 0.15) is 5.41 Å². The summed E-state index contributed by atoms with van der Waals surface area (Å²) in [7, 11) is 0. The van der Waals surface area contributed by atoms with E-state index in [2.05, 4.69) is 12.2 Å². The van der Waals surface area contributed by atoms with Crippen LogP contribution in [-0.4, -0.2) is 36.3 Å². The van der Waals surface area contributed by atoms with Gasteiger partial charge in [-0.05, 0) is 33.1 Å². The number of hydrogen-bond acceptors (Lipinski definition) is 2. The lowest BCUT2D eigenvalue weighted by Gasteiger charge is -2.30. The van der Waals surface area contributed by atoms with Crippen LogP contribution in [0.15, 0.2) is 0 Å². The number of unbranched alkanes of at least 4 members (excludes halogenated alkanes) is 2. The number of nitrogens with zero attached hydrogens (tertiary/aromatic N) is 1. The van der Waals surface area contributed by atoms with E-state index in [9.17, 15) is 9.59 Å². The SMILES string of the molecule is CCCCCNC(=O)C(C)(C)C(=O)N1CCCCCC1. The molecule has 0 radical (unpaired) electrons. The minimum atomic E-state index is -0.948. The van der Waals surface area contributed by atoms with Crippen LogP contribution in [0.2, 0.25) is 0 Å². The van der Waals surface area contributed by atoms with Crippen LogP contribution in [0, 0.1) is 5.41 Å². The molecule has 4 nitrogen and oxygen atoms in total. The van der Waals surface area contributed by atoms with Crippen LogP contribution in [0.1, 0.15) is 65.7 Å². The summed E-state index contributed by atoms with van der Waals surface area (Å²) in [5.74, 6) is -0.157. The van der Waals surface area contributed by atoms with Crippen molar-refractivity contribution in [3.8, 4) is 0 Å². The van der Waals surface area contributed by atoms with E-state index in [-0.39, 0.29) is 11.8 Å². The minimum Gasteiger partial charge on any atom is -0.355 e. The number of amides is 2. The van der Waals surface area contributed by atoms with E-state index >= 15 is 0 Å². The number of likely N-dealkylation sites (tertiary alicyclic amines) is 1. The fourth-order valence-corrected chi connectivity index (χ4v) is 2.56. The lowest BCUT2D eigenvalue weighted by atomic mass is 9.90. The van der Waals surface area contributed by atoms with Gasteiger partial charge in [0.15, 0.2) is 0 Å². The molecular formula is C16H30N2O2. The minimum absolute atomic E-state index is 0.0209. The van der Waals surface area contributed by atoms with Crippen molar-refractivity contribution in [1.82, 2.24) is 10.2 Å². The highest BCUT2D eigenvalue weighted by atomic mass is 16.2. The Morgan fingerprint density at radius 1 is 1.05 bits per heavy atom. The Bertz CT molecular complexity index is 318. The molecule has 0 aliphatic carbocycles. The van der Waals surface area contributed by atoms with Crippen molar-refractivity contribution in [2.24, 2.45) is 5.41 Å². The molecule has 1 aliphatic heterocycles. The summed E-state index contributed by atoms with van der Waals surface area (Å²) in [6, 6.07) is 0. The summed E-state index contributed by atoms with van der Waals surface area (Å²) in [6.45, 7) is 7.89. The van der Waals surface area contributed by atoms with Crippen molar-refractivity contribution in [3.63, 3.8) is 0 Å². The predicted octanol–water partition coefficient (Wildman–Crippen LogP) is 2.72. The lowest BCUT2D eigenvalue weighted by molar-refractivity contribution is -0.148. The van der Waals surface area contributed by atoms with Crippen molar-refractivity contribution in [3.05, 3.63) is 0 Å². The first kappa shape index (κ1) is 17.0. The number of rotatable bonds is 6. The Kier molecular flexibility index (Phi) is 7.03. The molecule has 0 aromatic rings. The molecule has 0 aromatic heterocycles. The fourth-order valence-electron chi connectivity index (χ4n) is 2.56. The molecule has 0 unspecified atom stereocenters. The summed E-state index contributed by atoms with van der Waals surface area (Å²) < 4.78 is 0. The van der Waals surface area contributed by atoms with Gasteiger partial charge < -0.3 is 10.2 Å². The van der Waals surface area contributed by atoms with Gasteiger partial charge in [-0.2, -0.15) is 0 Å². The maximum Gasteiger partial charge on any atom is 0.237 e. The Morgan fingerprint density at radius 2 is 1.65 bits per heavy atom. The van der Waals surface area contributed by atoms with Gasteiger partial charge in [0.25, 0.3) is 0 Å². The molecular weight excluding hydrogens is 252 g/mol. The highest BCUT2D eigenvalue weighted by Crippen LogP contribution is 2.22. The molecule has 1 fully saturated rings. The third-order valence-electron chi connectivity index (χ3n) is 4.06. The van der Waals surface area contributed by atoms with Crippen LogP contribution in [-0.2, 0) is 9.59 Å². The number of hydrogen-bond donors (Lipinski definition) is 1. The van der Waals surface area contributed by atoms with Crippen LogP contribution in [0.3, 0.4) is 0 Å². The first-order chi connectivity index (χ1) is 9.50. The molecule has 1 aliphatic rings. The number of carbonyl (C=O) groups is 2. The standard InChI is InChI=1S/C16H30N2O2/c1-4-5-8-11-17-14(19)16(2,3)15(20)18-12-9-6-7-10-13-18/h4-13H2,1-3H3,(H,17,19). The van der Waals surface area contributed by atoms with Crippen LogP contribution in [0.4, 0.5) is 0 Å². The van der Waals surface area contributed by atoms with Crippen molar-refractivity contribution >= 4 is 11.8 Å². The second-order valence-corrected chi connectivity index (χ2v) is 6.29. The molecule has 0 atom stereocenters. The molecule has 0 aromatic carbocycles. The Balaban J connectivity index is 2.51. The van der Waals surface area contributed by atoms with E-state index in [1.165, 1.54) is 12.8 Å². The van der Waals surface area contributed by atoms with Gasteiger partial charge in [-0.15, -0.1) is 0 Å². The van der Waals surface area contributed by atoms with Crippen LogP contribution >= 0.6 is 0 Å². The van der Waals surface area contributed by atoms with E-state index in [1.807, 2.05) is 4.90 Å². The zero-order valence-corrected chi connectivity index (χ0v) is 13.3. The molecule has 116 valence electrons. The maximum absolute atomic E-state index is 12.6. The van der Waals surface area contributed by atoms with Crippen molar-refractivity contribution in [2.75, 3.05) is 19.6 Å². The quantitative estimate of drug-likeness (QED) is 0.601. The van der Waals surface area contributed by atoms with Crippen molar-refractivity contribution < 1.29 is 9.59 Å². The zero-order valence-electron chi connectivity index (χ0n) is 13.3. The highest BCUT2D eigenvalue weighted by Gasteiger charge is 2.38. The topological polar surface area (TPSA) is 49.4 Å². The Hall–Kier alpha value is -1.06. The van der Waals surface area contributed by atoms with Crippen molar-refractivity contribution in [2.45, 2.75) is 65.7 Å². The van der Waals surface area contributed by atoms with E-state index in [0.717, 1.165) is 45.2 Å². The normalized spacial score (nSPS) is 16.6. The summed E-state index contributed by atoms with van der Waals surface area (Å²) in [6.07, 6.45) is 7.71. The second-order valence-electron chi connectivity index (χ2n) is 6.29. The van der Waals surface area contributed by atoms with Gasteiger partial charge in [-0.1, -0.05) is 32.6 Å². The van der Waals surface area contributed by atoms with Crippen molar-refractivity contribution in [1.29, 1.82) is 0 Å². The molecule has 0 saturated carbocycles. The molecule has 20 heavy (non-hydrogen) atoms. The molecule has 1 saturated heterocycles. The second kappa shape index (κ2) is 8.28. The molecule has 1 N–H and O–H groups in total. The van der Waals surface area contributed by atoms with Crippen LogP contribution in [0.25, 0.3) is 0 Å². The molecule has 1 heterocycles. The largest absolute Gasteiger partial charge is 0.355 e. The van der Waals surface area contributed by atoms with Gasteiger partial charge in [0, 0.05) is 19.6 Å². The third kappa shape index (κ3) is 4.80. The number of nitrogens with one attached hydrogen (secondary N) is 1. The third-order valence-corrected chi connectivity index (χ3v) is 4.06. The summed E-state index contributed by atoms with van der Waals surface area (Å²) in [5, 5.41) is 2.91. The van der Waals surface area contributed by atoms with Gasteiger partial charge in [-0.3, -0.25) is 9.59 Å². The Labute approximate surface area is 123 Å². The summed E-state index contributed by atoms with van der Waals surface area (Å²) in [5.41, 5.74) is -0.948. The van der Waals surface area contributed by atoms with E-state index in [4.69, 9.17) is 0 Å². The maximum atomic E-state index is 12.6. The van der Waals surface area contributed by atoms with E-state index < -0.39 is 5.41 Å². The van der Waals surface area contributed by atoms with Gasteiger partial charge in [0.2, 0.25) is 11.8 Å². The first-order valence-electron chi connectivity index (χ1n) is 8.07. The molecule has 2 amide bonds. The van der Waals surface area contributed by atoms with Crippen LogP contribution in [0.5, 0.6) is 0 Å². The average Bonchev–Trinajstić information content (AvgIpc) is 2.71. The van der Waals surface area contributed by atoms with Gasteiger partial charge in [0.05, 0.1) is 0 Å².